The molecule has 0 unspecified atom stereocenters. The monoisotopic (exact) mass is 754 g/mol. The number of benzene rings is 2. The molecule has 2 atom stereocenters. The lowest BCUT2D eigenvalue weighted by Crippen LogP contribution is -2.53. The van der Waals surface area contributed by atoms with Gasteiger partial charge in [-0.15, -0.1) is 0 Å². The van der Waals surface area contributed by atoms with Gasteiger partial charge in [0.2, 0.25) is 22.0 Å². The molecule has 2 aromatic heterocycles. The van der Waals surface area contributed by atoms with Crippen molar-refractivity contribution in [3.8, 4) is 17.0 Å². The lowest BCUT2D eigenvalue weighted by atomic mass is 9.81. The molecule has 12 heteroatoms. The zero-order chi connectivity index (χ0) is 37.9. The summed E-state index contributed by atoms with van der Waals surface area (Å²) in [4.78, 5) is 33.8. The molecule has 54 heavy (non-hydrogen) atoms. The Hall–Kier alpha value is -4.42. The molecule has 2 amide bonds. The molecule has 286 valence electrons. The number of methoxy groups -OCH3 is 1. The number of carbonyl (C=O) groups is 2. The number of morpholine rings is 1. The number of nitrogens with one attached hydrogen (secondary N) is 2. The van der Waals surface area contributed by atoms with E-state index in [1.807, 2.05) is 43.3 Å². The van der Waals surface area contributed by atoms with Crippen LogP contribution in [0.2, 0.25) is 0 Å². The predicted octanol–water partition coefficient (Wildman–Crippen LogP) is 6.98. The van der Waals surface area contributed by atoms with Gasteiger partial charge in [0.05, 0.1) is 36.8 Å². The summed E-state index contributed by atoms with van der Waals surface area (Å²) in [5, 5.41) is 0.310. The molecule has 4 heterocycles. The predicted molar refractivity (Wildman–Crippen MR) is 209 cm³/mol. The van der Waals surface area contributed by atoms with Crippen molar-refractivity contribution in [1.82, 2.24) is 19.2 Å². The Bertz CT molecular complexity index is 2250. The van der Waals surface area contributed by atoms with Gasteiger partial charge in [-0.05, 0) is 113 Å². The topological polar surface area (TPSA) is 127 Å². The van der Waals surface area contributed by atoms with Gasteiger partial charge >= 0.3 is 0 Å². The van der Waals surface area contributed by atoms with E-state index in [0.717, 1.165) is 89.7 Å². The van der Waals surface area contributed by atoms with Crippen LogP contribution in [0.1, 0.15) is 129 Å². The average molecular weight is 755 g/mol. The average Bonchev–Trinajstić information content (AvgIpc) is 3.63. The van der Waals surface area contributed by atoms with E-state index in [4.69, 9.17) is 9.47 Å². The smallest absolute Gasteiger partial charge is 0.298 e. The van der Waals surface area contributed by atoms with Gasteiger partial charge in [-0.3, -0.25) is 9.59 Å². The number of H-pyrrole nitrogens is 1. The van der Waals surface area contributed by atoms with Crippen LogP contribution in [0.4, 0.5) is 0 Å². The van der Waals surface area contributed by atoms with Gasteiger partial charge in [0.1, 0.15) is 11.8 Å². The Morgan fingerprint density at radius 1 is 0.981 bits per heavy atom. The van der Waals surface area contributed by atoms with E-state index in [9.17, 15) is 18.0 Å². The Morgan fingerprint density at radius 2 is 1.72 bits per heavy atom. The summed E-state index contributed by atoms with van der Waals surface area (Å²) in [6.45, 7) is 8.60. The number of aromatic nitrogens is 3. The van der Waals surface area contributed by atoms with E-state index < -0.39 is 21.2 Å². The van der Waals surface area contributed by atoms with E-state index in [-0.39, 0.29) is 29.7 Å². The number of fused-ring (bicyclic) bond motifs is 5. The van der Waals surface area contributed by atoms with Crippen molar-refractivity contribution in [3.63, 3.8) is 0 Å². The number of aromatic amines is 1. The largest absolute Gasteiger partial charge is 0.497 e. The van der Waals surface area contributed by atoms with Gasteiger partial charge in [-0.2, -0.15) is 0 Å². The molecular formula is C42H52N5O6S+. The summed E-state index contributed by atoms with van der Waals surface area (Å²) < 4.78 is 44.0. The Balaban J connectivity index is 1.34. The van der Waals surface area contributed by atoms with Crippen molar-refractivity contribution < 1.29 is 32.0 Å². The minimum atomic E-state index is -3.83. The second kappa shape index (κ2) is 14.3. The number of sulfonamides is 1. The zero-order valence-electron chi connectivity index (χ0n) is 32.0. The Kier molecular flexibility index (Phi) is 9.71. The quantitative estimate of drug-likeness (QED) is 0.187. The van der Waals surface area contributed by atoms with Crippen molar-refractivity contribution >= 4 is 44.4 Å². The van der Waals surface area contributed by atoms with Crippen LogP contribution in [0, 0.1) is 0 Å². The fraction of sp³-hybridized carbons (Fsp3) is 0.500. The second-order valence-electron chi connectivity index (χ2n) is 16.0. The molecule has 3 fully saturated rings. The summed E-state index contributed by atoms with van der Waals surface area (Å²) in [6.07, 6.45) is 12.8. The first-order valence-electron chi connectivity index (χ1n) is 19.6. The first-order valence-corrected chi connectivity index (χ1v) is 21.2. The van der Waals surface area contributed by atoms with Gasteiger partial charge in [-0.25, -0.2) is 22.7 Å². The molecule has 4 aliphatic rings. The van der Waals surface area contributed by atoms with Gasteiger partial charge in [0.15, 0.2) is 5.69 Å². The first-order chi connectivity index (χ1) is 25.9. The zero-order valence-corrected chi connectivity index (χ0v) is 32.8. The summed E-state index contributed by atoms with van der Waals surface area (Å²) >= 11 is 0. The molecule has 2 N–H and O–H groups in total. The second-order valence-corrected chi connectivity index (χ2v) is 18.3. The van der Waals surface area contributed by atoms with Crippen molar-refractivity contribution in [3.05, 3.63) is 70.8 Å². The fourth-order valence-electron chi connectivity index (χ4n) is 8.94. The summed E-state index contributed by atoms with van der Waals surface area (Å²) in [6, 6.07) is 12.0. The third kappa shape index (κ3) is 6.55. The molecule has 1 saturated heterocycles. The Morgan fingerprint density at radius 3 is 2.39 bits per heavy atom. The van der Waals surface area contributed by atoms with Crippen LogP contribution in [0.5, 0.6) is 5.75 Å². The number of carbonyl (C=O) groups excluding carboxylic acids is 2. The molecule has 2 aromatic carbocycles. The maximum absolute atomic E-state index is 14.7. The van der Waals surface area contributed by atoms with Gasteiger partial charge in [0, 0.05) is 40.7 Å². The highest BCUT2D eigenvalue weighted by atomic mass is 32.2. The standard InChI is InChI=1S/C42H51N5O6S/c1-25(2)54(50,51)44-41(48)29-14-16-35-36(20-29)46-23-31(18-30-19-33(52-5)15-17-34(30)39(46)37(35)28-10-7-6-8-11-28)38-40(47(24-43-38)32-12-9-13-32)42(49)45-21-26(3)53-27(4)22-45/h14-20,24-28,32H,6-13,21-23H2,1-5H3,(H,44,48)/p+1/t26-,27+. The molecule has 11 nitrogen and oxygen atoms in total. The van der Waals surface area contributed by atoms with Gasteiger partial charge in [-0.1, -0.05) is 25.3 Å². The highest BCUT2D eigenvalue weighted by Gasteiger charge is 2.40. The molecule has 4 aromatic rings. The number of rotatable bonds is 8. The molecule has 2 aliphatic carbocycles. The maximum atomic E-state index is 14.7. The van der Waals surface area contributed by atoms with E-state index in [0.29, 0.717) is 31.2 Å². The van der Waals surface area contributed by atoms with Gasteiger partial charge < -0.3 is 18.9 Å². The SMILES string of the molecule is COc1ccc2c(c1)C=C(c1[nH]c[n+](C3CCC3)c1C(=O)N1C[C@@H](C)O[C@@H](C)C1)Cn1c-2c(C2CCCCC2)c2ccc(C(=O)NS(=O)(=O)C(C)C)cc21. The van der Waals surface area contributed by atoms with E-state index in [1.165, 1.54) is 12.0 Å². The molecule has 2 saturated carbocycles. The highest BCUT2D eigenvalue weighted by Crippen LogP contribution is 2.48. The highest BCUT2D eigenvalue weighted by molar-refractivity contribution is 7.90. The fourth-order valence-corrected chi connectivity index (χ4v) is 9.56. The van der Waals surface area contributed by atoms with Crippen LogP contribution in [0.15, 0.2) is 42.7 Å². The van der Waals surface area contributed by atoms with Crippen LogP contribution >= 0.6 is 0 Å². The lowest BCUT2D eigenvalue weighted by molar-refractivity contribution is -0.733. The summed E-state index contributed by atoms with van der Waals surface area (Å²) in [7, 11) is -2.16. The minimum absolute atomic E-state index is 0.0121. The number of nitrogens with zero attached hydrogens (tertiary/aromatic N) is 3. The van der Waals surface area contributed by atoms with Crippen LogP contribution in [0.25, 0.3) is 33.8 Å². The first kappa shape index (κ1) is 36.6. The molecule has 0 spiro atoms. The Labute approximate surface area is 317 Å². The molecule has 0 radical (unpaired) electrons. The summed E-state index contributed by atoms with van der Waals surface area (Å²) in [5.41, 5.74) is 7.90. The normalized spacial score (nSPS) is 20.9. The number of hydrogen-bond acceptors (Lipinski definition) is 6. The van der Waals surface area contributed by atoms with Gasteiger partial charge in [0.25, 0.3) is 11.8 Å². The van der Waals surface area contributed by atoms with Crippen LogP contribution in [-0.2, 0) is 21.3 Å². The van der Waals surface area contributed by atoms with E-state index in [2.05, 4.69) is 37.0 Å². The van der Waals surface area contributed by atoms with Crippen molar-refractivity contribution in [2.45, 2.75) is 115 Å². The van der Waals surface area contributed by atoms with E-state index >= 15 is 0 Å². The lowest BCUT2D eigenvalue weighted by Gasteiger charge is -2.35. The number of imidazole rings is 1. The number of hydrogen-bond donors (Lipinski definition) is 2. The minimum Gasteiger partial charge on any atom is -0.497 e. The van der Waals surface area contributed by atoms with Crippen molar-refractivity contribution in [2.24, 2.45) is 0 Å². The van der Waals surface area contributed by atoms with Crippen molar-refractivity contribution in [2.75, 3.05) is 20.2 Å². The number of allylic oxidation sites excluding steroid dienone is 1. The molecule has 8 rings (SSSR count). The molecule has 0 bridgehead atoms. The summed E-state index contributed by atoms with van der Waals surface area (Å²) in [5.74, 6) is 0.398. The number of ether oxygens (including phenoxy) is 2. The third-order valence-electron chi connectivity index (χ3n) is 11.9. The van der Waals surface area contributed by atoms with Crippen LogP contribution < -0.4 is 14.0 Å². The van der Waals surface area contributed by atoms with Crippen molar-refractivity contribution in [1.29, 1.82) is 0 Å². The number of amides is 2. The molecular weight excluding hydrogens is 703 g/mol. The van der Waals surface area contributed by atoms with E-state index in [1.54, 1.807) is 27.0 Å². The maximum Gasteiger partial charge on any atom is 0.298 e. The third-order valence-corrected chi connectivity index (χ3v) is 13.7. The molecule has 2 aliphatic heterocycles. The van der Waals surface area contributed by atoms with Crippen LogP contribution in [-0.4, -0.2) is 72.3 Å². The van der Waals surface area contributed by atoms with Crippen LogP contribution in [0.3, 0.4) is 0 Å².